The number of hydrogen-bond donors (Lipinski definition) is 0. The maximum absolute atomic E-state index is 5.82. The van der Waals surface area contributed by atoms with Gasteiger partial charge in [0.05, 0.1) is 13.2 Å². The highest BCUT2D eigenvalue weighted by molar-refractivity contribution is 5.44. The molecule has 0 N–H and O–H groups in total. The maximum atomic E-state index is 5.82. The molecule has 2 heteroatoms. The number of rotatable bonds is 6. The molecule has 0 aliphatic heterocycles. The molecular weight excluding hydrogens is 224 g/mol. The lowest BCUT2D eigenvalue weighted by Crippen LogP contribution is -2.14. The quantitative estimate of drug-likeness (QED) is 0.736. The van der Waals surface area contributed by atoms with Crippen molar-refractivity contribution in [1.82, 2.24) is 0 Å². The fourth-order valence-corrected chi connectivity index (χ4v) is 1.74. The van der Waals surface area contributed by atoms with Crippen molar-refractivity contribution in [3.05, 3.63) is 23.8 Å². The summed E-state index contributed by atoms with van der Waals surface area (Å²) < 4.78 is 11.5. The van der Waals surface area contributed by atoms with Crippen LogP contribution < -0.4 is 9.47 Å². The molecule has 0 saturated carbocycles. The van der Waals surface area contributed by atoms with E-state index in [1.807, 2.05) is 12.1 Å². The molecule has 18 heavy (non-hydrogen) atoms. The molecule has 0 saturated heterocycles. The summed E-state index contributed by atoms with van der Waals surface area (Å²) in [5.74, 6) is 1.92. The van der Waals surface area contributed by atoms with Crippen LogP contribution in [0.25, 0.3) is 0 Å². The summed E-state index contributed by atoms with van der Waals surface area (Å²) in [6.45, 7) is 12.4. The molecule has 0 amide bonds. The largest absolute Gasteiger partial charge is 0.494 e. The van der Waals surface area contributed by atoms with Crippen molar-refractivity contribution in [3.63, 3.8) is 0 Å². The third kappa shape index (κ3) is 4.25. The highest BCUT2D eigenvalue weighted by Crippen LogP contribution is 2.34. The molecule has 1 aromatic rings. The van der Waals surface area contributed by atoms with Crippen LogP contribution in [0.3, 0.4) is 0 Å². The second-order valence-corrected chi connectivity index (χ2v) is 5.60. The predicted molar refractivity (Wildman–Crippen MR) is 76.7 cm³/mol. The fourth-order valence-electron chi connectivity index (χ4n) is 1.74. The molecule has 0 fully saturated rings. The van der Waals surface area contributed by atoms with Gasteiger partial charge in [0.2, 0.25) is 0 Å². The highest BCUT2D eigenvalue weighted by atomic mass is 16.5. The Bertz CT molecular complexity index is 364. The van der Waals surface area contributed by atoms with Gasteiger partial charge in [-0.15, -0.1) is 0 Å². The van der Waals surface area contributed by atoms with E-state index < -0.39 is 0 Å². The summed E-state index contributed by atoms with van der Waals surface area (Å²) in [6, 6.07) is 6.14. The Labute approximate surface area is 111 Å². The average molecular weight is 250 g/mol. The molecule has 0 atom stereocenters. The molecule has 0 unspecified atom stereocenters. The zero-order valence-corrected chi connectivity index (χ0v) is 12.4. The molecule has 0 radical (unpaired) electrons. The van der Waals surface area contributed by atoms with E-state index in [0.29, 0.717) is 0 Å². The molecule has 0 bridgehead atoms. The van der Waals surface area contributed by atoms with E-state index in [-0.39, 0.29) is 5.41 Å². The highest BCUT2D eigenvalue weighted by Gasteiger charge is 2.19. The molecule has 2 nitrogen and oxygen atoms in total. The second kappa shape index (κ2) is 6.67. The second-order valence-electron chi connectivity index (χ2n) is 5.60. The summed E-state index contributed by atoms with van der Waals surface area (Å²) in [6.07, 6.45) is 2.05. The van der Waals surface area contributed by atoms with Crippen molar-refractivity contribution in [2.24, 2.45) is 0 Å². The van der Waals surface area contributed by atoms with Crippen molar-refractivity contribution in [2.45, 2.75) is 52.9 Å². The van der Waals surface area contributed by atoms with E-state index in [4.69, 9.17) is 9.47 Å². The molecule has 0 heterocycles. The minimum Gasteiger partial charge on any atom is -0.494 e. The molecule has 102 valence electrons. The normalized spacial score (nSPS) is 11.4. The summed E-state index contributed by atoms with van der Waals surface area (Å²) in [7, 11) is 0. The Hall–Kier alpha value is -1.18. The summed E-state index contributed by atoms with van der Waals surface area (Å²) in [4.78, 5) is 0. The third-order valence-electron chi connectivity index (χ3n) is 2.69. The lowest BCUT2D eigenvalue weighted by Gasteiger charge is -2.23. The molecule has 1 rings (SSSR count). The number of hydrogen-bond acceptors (Lipinski definition) is 2. The zero-order chi connectivity index (χ0) is 13.6. The first kappa shape index (κ1) is 14.9. The first-order chi connectivity index (χ1) is 8.49. The molecular formula is C16H26O2. The fraction of sp³-hybridized carbons (Fsp3) is 0.625. The Morgan fingerprint density at radius 1 is 0.944 bits per heavy atom. The van der Waals surface area contributed by atoms with Gasteiger partial charge in [-0.05, 0) is 36.5 Å². The van der Waals surface area contributed by atoms with Gasteiger partial charge < -0.3 is 9.47 Å². The van der Waals surface area contributed by atoms with E-state index in [1.54, 1.807) is 0 Å². The van der Waals surface area contributed by atoms with Gasteiger partial charge in [0, 0.05) is 5.56 Å². The van der Waals surface area contributed by atoms with Gasteiger partial charge >= 0.3 is 0 Å². The van der Waals surface area contributed by atoms with Crippen LogP contribution in [0.2, 0.25) is 0 Å². The van der Waals surface area contributed by atoms with Crippen molar-refractivity contribution < 1.29 is 9.47 Å². The van der Waals surface area contributed by atoms with E-state index in [0.717, 1.165) is 37.6 Å². The number of ether oxygens (including phenoxy) is 2. The van der Waals surface area contributed by atoms with Crippen LogP contribution in [-0.2, 0) is 5.41 Å². The smallest absolute Gasteiger partial charge is 0.123 e. The predicted octanol–water partition coefficient (Wildman–Crippen LogP) is 4.56. The molecule has 0 aliphatic rings. The minimum absolute atomic E-state index is 0.0641. The Morgan fingerprint density at radius 3 is 2.11 bits per heavy atom. The van der Waals surface area contributed by atoms with Gasteiger partial charge in [-0.3, -0.25) is 0 Å². The van der Waals surface area contributed by atoms with Gasteiger partial charge in [-0.2, -0.15) is 0 Å². The SMILES string of the molecule is CCCOc1ccc(OCCC)c(C(C)(C)C)c1. The Morgan fingerprint density at radius 2 is 1.56 bits per heavy atom. The van der Waals surface area contributed by atoms with Crippen molar-refractivity contribution >= 4 is 0 Å². The Kier molecular flexibility index (Phi) is 5.52. The maximum Gasteiger partial charge on any atom is 0.123 e. The van der Waals surface area contributed by atoms with Gasteiger partial charge in [-0.25, -0.2) is 0 Å². The van der Waals surface area contributed by atoms with Gasteiger partial charge in [0.25, 0.3) is 0 Å². The van der Waals surface area contributed by atoms with E-state index in [2.05, 4.69) is 40.7 Å². The summed E-state index contributed by atoms with van der Waals surface area (Å²) in [5, 5.41) is 0. The molecule has 0 spiro atoms. The van der Waals surface area contributed by atoms with Crippen molar-refractivity contribution in [3.8, 4) is 11.5 Å². The van der Waals surface area contributed by atoms with E-state index >= 15 is 0 Å². The first-order valence-electron chi connectivity index (χ1n) is 6.89. The molecule has 0 aliphatic carbocycles. The lowest BCUT2D eigenvalue weighted by molar-refractivity contribution is 0.301. The van der Waals surface area contributed by atoms with Crippen LogP contribution in [0.1, 0.15) is 53.0 Å². The summed E-state index contributed by atoms with van der Waals surface area (Å²) >= 11 is 0. The third-order valence-corrected chi connectivity index (χ3v) is 2.69. The van der Waals surface area contributed by atoms with Crippen LogP contribution in [0, 0.1) is 0 Å². The summed E-state index contributed by atoms with van der Waals surface area (Å²) in [5.41, 5.74) is 1.28. The minimum atomic E-state index is 0.0641. The zero-order valence-electron chi connectivity index (χ0n) is 12.4. The van der Waals surface area contributed by atoms with E-state index in [1.165, 1.54) is 5.56 Å². The van der Waals surface area contributed by atoms with Crippen LogP contribution >= 0.6 is 0 Å². The monoisotopic (exact) mass is 250 g/mol. The molecule has 0 aromatic heterocycles. The van der Waals surface area contributed by atoms with Gasteiger partial charge in [0.15, 0.2) is 0 Å². The van der Waals surface area contributed by atoms with Gasteiger partial charge in [-0.1, -0.05) is 34.6 Å². The van der Waals surface area contributed by atoms with Crippen LogP contribution in [-0.4, -0.2) is 13.2 Å². The van der Waals surface area contributed by atoms with Crippen LogP contribution in [0.15, 0.2) is 18.2 Å². The average Bonchev–Trinajstić information content (AvgIpc) is 2.33. The first-order valence-corrected chi connectivity index (χ1v) is 6.89. The van der Waals surface area contributed by atoms with Crippen molar-refractivity contribution in [2.75, 3.05) is 13.2 Å². The number of benzene rings is 1. The van der Waals surface area contributed by atoms with E-state index in [9.17, 15) is 0 Å². The standard InChI is InChI=1S/C16H26O2/c1-6-10-17-13-8-9-15(18-11-7-2)14(12-13)16(3,4)5/h8-9,12H,6-7,10-11H2,1-5H3. The van der Waals surface area contributed by atoms with Crippen LogP contribution in [0.4, 0.5) is 0 Å². The molecule has 1 aromatic carbocycles. The van der Waals surface area contributed by atoms with Crippen LogP contribution in [0.5, 0.6) is 11.5 Å². The van der Waals surface area contributed by atoms with Gasteiger partial charge in [0.1, 0.15) is 11.5 Å². The Balaban J connectivity index is 2.97. The lowest BCUT2D eigenvalue weighted by atomic mass is 9.86. The topological polar surface area (TPSA) is 18.5 Å². The van der Waals surface area contributed by atoms with Crippen molar-refractivity contribution in [1.29, 1.82) is 0 Å².